The molecular formula is C12H11ClF2O4. The lowest BCUT2D eigenvalue weighted by Gasteiger charge is -2.11. The lowest BCUT2D eigenvalue weighted by molar-refractivity contribution is -0.142. The van der Waals surface area contributed by atoms with Crippen LogP contribution in [0.1, 0.15) is 22.8 Å². The van der Waals surface area contributed by atoms with Crippen LogP contribution in [0.3, 0.4) is 0 Å². The summed E-state index contributed by atoms with van der Waals surface area (Å²) < 4.78 is 33.3. The fourth-order valence-electron chi connectivity index (χ4n) is 1.49. The van der Waals surface area contributed by atoms with Crippen LogP contribution in [0.15, 0.2) is 12.1 Å². The maximum atomic E-state index is 12.2. The van der Waals surface area contributed by atoms with Crippen molar-refractivity contribution in [2.24, 2.45) is 0 Å². The van der Waals surface area contributed by atoms with E-state index in [-0.39, 0.29) is 34.9 Å². The summed E-state index contributed by atoms with van der Waals surface area (Å²) in [6, 6.07) is 2.42. The smallest absolute Gasteiger partial charge is 0.387 e. The molecule has 0 fully saturated rings. The van der Waals surface area contributed by atoms with Gasteiger partial charge in [-0.25, -0.2) is 0 Å². The Morgan fingerprint density at radius 2 is 2.16 bits per heavy atom. The van der Waals surface area contributed by atoms with Gasteiger partial charge < -0.3 is 9.47 Å². The van der Waals surface area contributed by atoms with E-state index in [0.717, 1.165) is 6.07 Å². The molecule has 0 aliphatic carbocycles. The SMILES string of the molecule is CCOC(=O)Cc1cc(Cl)cc(OC(F)F)c1C=O. The van der Waals surface area contributed by atoms with Crippen molar-refractivity contribution in [3.05, 3.63) is 28.3 Å². The number of carbonyl (C=O) groups is 2. The Morgan fingerprint density at radius 3 is 2.68 bits per heavy atom. The number of halogens is 3. The van der Waals surface area contributed by atoms with Gasteiger partial charge in [0.1, 0.15) is 5.75 Å². The molecule has 0 aliphatic heterocycles. The number of hydrogen-bond donors (Lipinski definition) is 0. The standard InChI is InChI=1S/C12H11ClF2O4/c1-2-18-11(17)4-7-3-8(13)5-10(9(7)6-16)19-12(14)15/h3,5-6,12H,2,4H2,1H3. The minimum absolute atomic E-state index is 0.0838. The second kappa shape index (κ2) is 7.04. The van der Waals surface area contributed by atoms with E-state index < -0.39 is 12.6 Å². The van der Waals surface area contributed by atoms with Crippen LogP contribution < -0.4 is 4.74 Å². The first kappa shape index (κ1) is 15.4. The van der Waals surface area contributed by atoms with Gasteiger partial charge in [0.15, 0.2) is 6.29 Å². The van der Waals surface area contributed by atoms with E-state index in [0.29, 0.717) is 6.29 Å². The van der Waals surface area contributed by atoms with Gasteiger partial charge >= 0.3 is 12.6 Å². The Hall–Kier alpha value is -1.69. The highest BCUT2D eigenvalue weighted by Gasteiger charge is 2.17. The molecule has 0 atom stereocenters. The monoisotopic (exact) mass is 292 g/mol. The summed E-state index contributed by atoms with van der Waals surface area (Å²) in [5.74, 6) is -0.951. The summed E-state index contributed by atoms with van der Waals surface area (Å²) in [6.45, 7) is -1.29. The lowest BCUT2D eigenvalue weighted by Crippen LogP contribution is -2.11. The molecule has 0 radical (unpaired) electrons. The summed E-state index contributed by atoms with van der Waals surface area (Å²) in [5.41, 5.74) is 0.0364. The van der Waals surface area contributed by atoms with Crippen molar-refractivity contribution in [2.45, 2.75) is 20.0 Å². The average molecular weight is 293 g/mol. The van der Waals surface area contributed by atoms with E-state index in [9.17, 15) is 18.4 Å². The first-order valence-electron chi connectivity index (χ1n) is 5.36. The first-order valence-corrected chi connectivity index (χ1v) is 5.73. The zero-order valence-electron chi connectivity index (χ0n) is 9.99. The fraction of sp³-hybridized carbons (Fsp3) is 0.333. The second-order valence-corrected chi connectivity index (χ2v) is 3.89. The molecule has 0 saturated carbocycles. The molecule has 0 saturated heterocycles. The topological polar surface area (TPSA) is 52.6 Å². The number of ether oxygens (including phenoxy) is 2. The molecule has 19 heavy (non-hydrogen) atoms. The van der Waals surface area contributed by atoms with E-state index >= 15 is 0 Å². The molecule has 0 bridgehead atoms. The molecule has 0 unspecified atom stereocenters. The van der Waals surface area contributed by atoms with Gasteiger partial charge in [-0.15, -0.1) is 0 Å². The molecule has 1 rings (SSSR count). The first-order chi connectivity index (χ1) is 8.97. The molecule has 104 valence electrons. The van der Waals surface area contributed by atoms with Crippen molar-refractivity contribution < 1.29 is 27.8 Å². The Bertz CT molecular complexity index is 477. The summed E-state index contributed by atoms with van der Waals surface area (Å²) in [5, 5.41) is 0.0838. The third kappa shape index (κ3) is 4.48. The highest BCUT2D eigenvalue weighted by atomic mass is 35.5. The second-order valence-electron chi connectivity index (χ2n) is 3.45. The third-order valence-corrected chi connectivity index (χ3v) is 2.38. The summed E-state index contributed by atoms with van der Waals surface area (Å²) in [4.78, 5) is 22.3. The Balaban J connectivity index is 3.11. The number of alkyl halides is 2. The lowest BCUT2D eigenvalue weighted by atomic mass is 10.0. The van der Waals surface area contributed by atoms with Gasteiger partial charge in [0.2, 0.25) is 0 Å². The van der Waals surface area contributed by atoms with Crippen LogP contribution >= 0.6 is 11.6 Å². The Labute approximate surface area is 113 Å². The van der Waals surface area contributed by atoms with Crippen molar-refractivity contribution in [3.63, 3.8) is 0 Å². The van der Waals surface area contributed by atoms with E-state index in [2.05, 4.69) is 4.74 Å². The van der Waals surface area contributed by atoms with Gasteiger partial charge in [0, 0.05) is 5.02 Å². The molecule has 1 aromatic rings. The predicted octanol–water partition coefficient (Wildman–Crippen LogP) is 2.86. The van der Waals surface area contributed by atoms with Gasteiger partial charge in [0.25, 0.3) is 0 Å². The van der Waals surface area contributed by atoms with E-state index in [4.69, 9.17) is 16.3 Å². The van der Waals surface area contributed by atoms with Gasteiger partial charge in [-0.3, -0.25) is 9.59 Å². The van der Waals surface area contributed by atoms with Crippen LogP contribution in [0.25, 0.3) is 0 Å². The van der Waals surface area contributed by atoms with Gasteiger partial charge in [-0.05, 0) is 24.6 Å². The molecule has 0 aromatic heterocycles. The third-order valence-electron chi connectivity index (χ3n) is 2.17. The summed E-state index contributed by atoms with van der Waals surface area (Å²) in [6.07, 6.45) is 0.0880. The molecular weight excluding hydrogens is 282 g/mol. The van der Waals surface area contributed by atoms with Crippen LogP contribution in [-0.2, 0) is 16.0 Å². The molecule has 4 nitrogen and oxygen atoms in total. The zero-order valence-corrected chi connectivity index (χ0v) is 10.7. The van der Waals surface area contributed by atoms with Crippen molar-refractivity contribution in [2.75, 3.05) is 6.61 Å². The molecule has 0 heterocycles. The highest BCUT2D eigenvalue weighted by Crippen LogP contribution is 2.28. The molecule has 0 N–H and O–H groups in total. The maximum absolute atomic E-state index is 12.2. The van der Waals surface area contributed by atoms with Gasteiger partial charge in [-0.1, -0.05) is 11.6 Å². The number of esters is 1. The van der Waals surface area contributed by atoms with Crippen molar-refractivity contribution in [3.8, 4) is 5.75 Å². The largest absolute Gasteiger partial charge is 0.466 e. The van der Waals surface area contributed by atoms with Crippen LogP contribution in [0.4, 0.5) is 8.78 Å². The summed E-state index contributed by atoms with van der Waals surface area (Å²) in [7, 11) is 0. The van der Waals surface area contributed by atoms with E-state index in [1.807, 2.05) is 0 Å². The van der Waals surface area contributed by atoms with Crippen molar-refractivity contribution >= 4 is 23.9 Å². The van der Waals surface area contributed by atoms with Gasteiger partial charge in [-0.2, -0.15) is 8.78 Å². The van der Waals surface area contributed by atoms with E-state index in [1.165, 1.54) is 6.07 Å². The quantitative estimate of drug-likeness (QED) is 0.597. The van der Waals surface area contributed by atoms with Crippen LogP contribution in [0.5, 0.6) is 5.75 Å². The maximum Gasteiger partial charge on any atom is 0.387 e. The molecule has 0 aliphatic rings. The van der Waals surface area contributed by atoms with Crippen LogP contribution in [-0.4, -0.2) is 25.5 Å². The van der Waals surface area contributed by atoms with E-state index in [1.54, 1.807) is 6.92 Å². The molecule has 0 spiro atoms. The average Bonchev–Trinajstić information content (AvgIpc) is 2.27. The number of carbonyl (C=O) groups excluding carboxylic acids is 2. The van der Waals surface area contributed by atoms with Gasteiger partial charge in [0.05, 0.1) is 18.6 Å². The molecule has 0 amide bonds. The van der Waals surface area contributed by atoms with Crippen molar-refractivity contribution in [1.82, 2.24) is 0 Å². The molecule has 1 aromatic carbocycles. The van der Waals surface area contributed by atoms with Crippen LogP contribution in [0.2, 0.25) is 5.02 Å². The summed E-state index contributed by atoms with van der Waals surface area (Å²) >= 11 is 5.73. The number of benzene rings is 1. The Morgan fingerprint density at radius 1 is 1.47 bits per heavy atom. The zero-order chi connectivity index (χ0) is 14.4. The fourth-order valence-corrected chi connectivity index (χ4v) is 1.72. The van der Waals surface area contributed by atoms with Crippen LogP contribution in [0, 0.1) is 0 Å². The highest BCUT2D eigenvalue weighted by molar-refractivity contribution is 6.31. The Kier molecular flexibility index (Phi) is 5.69. The minimum atomic E-state index is -3.09. The number of aldehydes is 1. The number of rotatable bonds is 6. The predicted molar refractivity (Wildman–Crippen MR) is 63.8 cm³/mol. The molecule has 7 heteroatoms. The number of hydrogen-bond acceptors (Lipinski definition) is 4. The normalized spacial score (nSPS) is 10.4. The van der Waals surface area contributed by atoms with Crippen molar-refractivity contribution in [1.29, 1.82) is 0 Å². The minimum Gasteiger partial charge on any atom is -0.466 e.